The Morgan fingerprint density at radius 2 is 2.18 bits per heavy atom. The van der Waals surface area contributed by atoms with Gasteiger partial charge in [-0.1, -0.05) is 6.07 Å². The van der Waals surface area contributed by atoms with Crippen LogP contribution in [-0.2, 0) is 26.1 Å². The highest BCUT2D eigenvalue weighted by atomic mass is 32.2. The minimum atomic E-state index is -3.64. The van der Waals surface area contributed by atoms with Gasteiger partial charge in [0.05, 0.1) is 43.0 Å². The number of imidazole rings is 1. The number of cyclic esters (lactones) is 1. The molecule has 10 nitrogen and oxygen atoms in total. The zero-order valence-electron chi connectivity index (χ0n) is 17.4. The number of nitrogens with zero attached hydrogens (tertiary/aromatic N) is 3. The maximum Gasteiger partial charge on any atom is 0.414 e. The molecule has 1 aliphatic heterocycles. The van der Waals surface area contributed by atoms with E-state index in [1.165, 1.54) is 47.1 Å². The Morgan fingerprint density at radius 1 is 1.36 bits per heavy atom. The number of aromatic nitrogens is 2. The molecule has 2 N–H and O–H groups in total. The van der Waals surface area contributed by atoms with Crippen LogP contribution >= 0.6 is 11.3 Å². The molecule has 2 aromatic heterocycles. The van der Waals surface area contributed by atoms with E-state index >= 15 is 0 Å². The van der Waals surface area contributed by atoms with Crippen LogP contribution in [0.3, 0.4) is 0 Å². The average Bonchev–Trinajstić information content (AvgIpc) is 3.52. The second-order valence-corrected chi connectivity index (χ2v) is 10.2. The van der Waals surface area contributed by atoms with Crippen molar-refractivity contribution >= 4 is 39.0 Å². The average molecular weight is 494 g/mol. The predicted molar refractivity (Wildman–Crippen MR) is 118 cm³/mol. The van der Waals surface area contributed by atoms with Crippen LogP contribution in [-0.4, -0.2) is 49.2 Å². The lowest BCUT2D eigenvalue weighted by molar-refractivity contribution is -0.119. The summed E-state index contributed by atoms with van der Waals surface area (Å²) < 4.78 is 48.6. The molecule has 1 unspecified atom stereocenters. The van der Waals surface area contributed by atoms with Crippen LogP contribution in [0.4, 0.5) is 14.9 Å². The molecule has 0 spiro atoms. The first kappa shape index (κ1) is 22.9. The number of hydrogen-bond acceptors (Lipinski definition) is 7. The van der Waals surface area contributed by atoms with Gasteiger partial charge in [-0.2, -0.15) is 0 Å². The maximum atomic E-state index is 14.8. The van der Waals surface area contributed by atoms with Crippen LogP contribution in [0.2, 0.25) is 0 Å². The Labute approximate surface area is 193 Å². The molecule has 2 amide bonds. The van der Waals surface area contributed by atoms with E-state index in [9.17, 15) is 22.4 Å². The molecule has 33 heavy (non-hydrogen) atoms. The first-order chi connectivity index (χ1) is 15.7. The third-order valence-electron chi connectivity index (χ3n) is 4.81. The molecule has 1 atom stereocenters. The van der Waals surface area contributed by atoms with Crippen molar-refractivity contribution in [2.24, 2.45) is 0 Å². The summed E-state index contributed by atoms with van der Waals surface area (Å²) >= 11 is 1.10. The monoisotopic (exact) mass is 493 g/mol. The van der Waals surface area contributed by atoms with E-state index in [-0.39, 0.29) is 35.4 Å². The van der Waals surface area contributed by atoms with E-state index in [1.54, 1.807) is 17.5 Å². The summed E-state index contributed by atoms with van der Waals surface area (Å²) in [6.07, 6.45) is 1.74. The molecule has 3 aromatic rings. The second kappa shape index (κ2) is 9.29. The standard InChI is InChI=1S/C20H20FN5O5S2/c1-13(27)22-9-16-11-26(20(28)31-16)15-4-5-18(17(21)7-15)25-10-14(23-12-25)8-24-33(29,30)19-3-2-6-32-19/h2-7,10,12,16,24H,8-9,11H2,1H3,(H,22,27). The number of hydrogen-bond donors (Lipinski definition) is 2. The summed E-state index contributed by atoms with van der Waals surface area (Å²) in [5.74, 6) is -0.840. The van der Waals surface area contributed by atoms with Gasteiger partial charge in [0.15, 0.2) is 0 Å². The summed E-state index contributed by atoms with van der Waals surface area (Å²) in [5.41, 5.74) is 0.902. The molecule has 3 heterocycles. The van der Waals surface area contributed by atoms with Crippen LogP contribution in [0, 0.1) is 5.82 Å². The van der Waals surface area contributed by atoms with Gasteiger partial charge in [-0.05, 0) is 29.6 Å². The van der Waals surface area contributed by atoms with Crippen molar-refractivity contribution in [3.05, 3.63) is 59.7 Å². The Balaban J connectivity index is 1.43. The molecule has 1 saturated heterocycles. The lowest BCUT2D eigenvalue weighted by Crippen LogP contribution is -2.33. The fourth-order valence-corrected chi connectivity index (χ4v) is 5.25. The van der Waals surface area contributed by atoms with Gasteiger partial charge in [0, 0.05) is 13.1 Å². The number of halogens is 1. The summed E-state index contributed by atoms with van der Waals surface area (Å²) in [4.78, 5) is 28.6. The summed E-state index contributed by atoms with van der Waals surface area (Å²) in [6, 6.07) is 7.41. The largest absolute Gasteiger partial charge is 0.442 e. The van der Waals surface area contributed by atoms with E-state index < -0.39 is 28.0 Å². The Bertz CT molecular complexity index is 1280. The molecule has 4 rings (SSSR count). The molecule has 0 radical (unpaired) electrons. The quantitative estimate of drug-likeness (QED) is 0.495. The molecular weight excluding hydrogens is 473 g/mol. The first-order valence-electron chi connectivity index (χ1n) is 9.81. The lowest BCUT2D eigenvalue weighted by Gasteiger charge is -2.14. The highest BCUT2D eigenvalue weighted by molar-refractivity contribution is 7.91. The highest BCUT2D eigenvalue weighted by Gasteiger charge is 2.32. The molecule has 0 bridgehead atoms. The van der Waals surface area contributed by atoms with E-state index in [0.717, 1.165) is 11.3 Å². The van der Waals surface area contributed by atoms with Crippen molar-refractivity contribution in [1.29, 1.82) is 0 Å². The van der Waals surface area contributed by atoms with Gasteiger partial charge in [0.25, 0.3) is 0 Å². The molecule has 1 fully saturated rings. The number of amides is 2. The van der Waals surface area contributed by atoms with Crippen LogP contribution in [0.15, 0.2) is 52.4 Å². The van der Waals surface area contributed by atoms with Gasteiger partial charge in [0.1, 0.15) is 16.1 Å². The summed E-state index contributed by atoms with van der Waals surface area (Å²) in [6.45, 7) is 1.66. The van der Waals surface area contributed by atoms with E-state index in [1.807, 2.05) is 0 Å². The third-order valence-corrected chi connectivity index (χ3v) is 7.61. The summed E-state index contributed by atoms with van der Waals surface area (Å²) in [5, 5.41) is 4.25. The molecule has 13 heteroatoms. The second-order valence-electron chi connectivity index (χ2n) is 7.22. The number of carbonyl (C=O) groups excluding carboxylic acids is 2. The van der Waals surface area contributed by atoms with E-state index in [4.69, 9.17) is 4.74 Å². The van der Waals surface area contributed by atoms with E-state index in [2.05, 4.69) is 15.0 Å². The smallest absolute Gasteiger partial charge is 0.414 e. The van der Waals surface area contributed by atoms with Crippen LogP contribution < -0.4 is 14.9 Å². The normalized spacial score (nSPS) is 16.1. The number of rotatable bonds is 8. The van der Waals surface area contributed by atoms with Gasteiger partial charge < -0.3 is 14.6 Å². The zero-order valence-corrected chi connectivity index (χ0v) is 19.0. The Kier molecular flexibility index (Phi) is 6.44. The fourth-order valence-electron chi connectivity index (χ4n) is 3.21. The van der Waals surface area contributed by atoms with Crippen LogP contribution in [0.25, 0.3) is 5.69 Å². The Hall–Kier alpha value is -3.29. The van der Waals surface area contributed by atoms with Crippen LogP contribution in [0.5, 0.6) is 0 Å². The van der Waals surface area contributed by atoms with Crippen molar-refractivity contribution in [2.75, 3.05) is 18.0 Å². The number of benzene rings is 1. The van der Waals surface area contributed by atoms with Crippen molar-refractivity contribution in [1.82, 2.24) is 19.6 Å². The number of ether oxygens (including phenoxy) is 1. The minimum absolute atomic E-state index is 0.0533. The molecular formula is C20H20FN5O5S2. The number of anilines is 1. The third kappa shape index (κ3) is 5.21. The zero-order chi connectivity index (χ0) is 23.6. The molecule has 0 aliphatic carbocycles. The molecule has 1 aromatic carbocycles. The first-order valence-corrected chi connectivity index (χ1v) is 12.2. The SMILES string of the molecule is CC(=O)NCC1CN(c2ccc(-n3cnc(CNS(=O)(=O)c4cccs4)c3)c(F)c2)C(=O)O1. The van der Waals surface area contributed by atoms with Gasteiger partial charge in [-0.25, -0.2) is 27.3 Å². The molecule has 0 saturated carbocycles. The van der Waals surface area contributed by atoms with Crippen molar-refractivity contribution in [3.8, 4) is 5.69 Å². The van der Waals surface area contributed by atoms with Gasteiger partial charge in [0.2, 0.25) is 15.9 Å². The predicted octanol–water partition coefficient (Wildman–Crippen LogP) is 2.01. The van der Waals surface area contributed by atoms with Gasteiger partial charge in [-0.15, -0.1) is 11.3 Å². The van der Waals surface area contributed by atoms with Gasteiger partial charge >= 0.3 is 6.09 Å². The summed E-state index contributed by atoms with van der Waals surface area (Å²) in [7, 11) is -3.64. The fraction of sp³-hybridized carbons (Fsp3) is 0.250. The maximum absolute atomic E-state index is 14.8. The molecule has 1 aliphatic rings. The van der Waals surface area contributed by atoms with Gasteiger partial charge in [-0.3, -0.25) is 9.69 Å². The topological polar surface area (TPSA) is 123 Å². The number of nitrogens with one attached hydrogen (secondary N) is 2. The number of carbonyl (C=O) groups is 2. The highest BCUT2D eigenvalue weighted by Crippen LogP contribution is 2.25. The number of sulfonamides is 1. The van der Waals surface area contributed by atoms with E-state index in [0.29, 0.717) is 11.4 Å². The lowest BCUT2D eigenvalue weighted by atomic mass is 10.2. The minimum Gasteiger partial charge on any atom is -0.442 e. The van der Waals surface area contributed by atoms with Crippen molar-refractivity contribution in [3.63, 3.8) is 0 Å². The Morgan fingerprint density at radius 3 is 2.88 bits per heavy atom. The van der Waals surface area contributed by atoms with Crippen molar-refractivity contribution < 1.29 is 27.1 Å². The molecule has 174 valence electrons. The van der Waals surface area contributed by atoms with Crippen molar-refractivity contribution in [2.45, 2.75) is 23.8 Å². The van der Waals surface area contributed by atoms with Crippen LogP contribution in [0.1, 0.15) is 12.6 Å². The number of thiophene rings is 1.